The van der Waals surface area contributed by atoms with Crippen LogP contribution in [0.15, 0.2) is 0 Å². The Kier molecular flexibility index (Phi) is 4.90. The van der Waals surface area contributed by atoms with Crippen LogP contribution in [0.25, 0.3) is 0 Å². The smallest absolute Gasteiger partial charge is 0.311 e. The first-order valence-electron chi connectivity index (χ1n) is 4.25. The number of aliphatic hydroxyl groups is 1. The van der Waals surface area contributed by atoms with Gasteiger partial charge in [-0.15, -0.1) is 0 Å². The molecule has 0 aliphatic heterocycles. The molecule has 3 nitrogen and oxygen atoms in total. The Bertz CT molecular complexity index is 139. The minimum Gasteiger partial charge on any atom is -0.481 e. The molecule has 0 aromatic rings. The maximum atomic E-state index is 10.8. The largest absolute Gasteiger partial charge is 0.481 e. The van der Waals surface area contributed by atoms with E-state index in [0.717, 1.165) is 6.42 Å². The monoisotopic (exact) mass is 173 g/mol. The van der Waals surface area contributed by atoms with E-state index in [1.807, 2.05) is 13.3 Å². The van der Waals surface area contributed by atoms with Gasteiger partial charge in [0.25, 0.3) is 0 Å². The number of rotatable bonds is 6. The second-order valence-corrected chi connectivity index (χ2v) is 3.04. The molecule has 0 aromatic carbocycles. The van der Waals surface area contributed by atoms with Gasteiger partial charge in [0.1, 0.15) is 0 Å². The third-order valence-corrected chi connectivity index (χ3v) is 2.34. The maximum absolute atomic E-state index is 10.8. The Morgan fingerprint density at radius 1 is 1.58 bits per heavy atom. The molecule has 0 aromatic heterocycles. The van der Waals surface area contributed by atoms with E-state index in [2.05, 4.69) is 0 Å². The van der Waals surface area contributed by atoms with Crippen LogP contribution in [-0.4, -0.2) is 22.8 Å². The Labute approximate surface area is 73.4 Å². The van der Waals surface area contributed by atoms with Gasteiger partial charge < -0.3 is 10.2 Å². The lowest BCUT2D eigenvalue weighted by atomic mass is 9.81. The highest BCUT2D eigenvalue weighted by molar-refractivity contribution is 5.74. The Morgan fingerprint density at radius 3 is 2.42 bits per heavy atom. The Morgan fingerprint density at radius 2 is 2.17 bits per heavy atom. The average Bonchev–Trinajstić information content (AvgIpc) is 2.07. The Hall–Kier alpha value is -0.570. The highest BCUT2D eigenvalue weighted by Gasteiger charge is 2.34. The summed E-state index contributed by atoms with van der Waals surface area (Å²) in [6, 6.07) is 0. The lowest BCUT2D eigenvalue weighted by molar-refractivity contribution is -0.152. The van der Waals surface area contributed by atoms with Crippen LogP contribution in [0.5, 0.6) is 0 Å². The molecule has 0 amide bonds. The highest BCUT2D eigenvalue weighted by atomic mass is 16.4. The number of hydrogen-bond acceptors (Lipinski definition) is 2. The second-order valence-electron chi connectivity index (χ2n) is 3.04. The number of carboxylic acid groups (broad SMARTS) is 1. The SMILES string of the molecule is C[CH]CCC(CC)(CO)C(=O)O. The van der Waals surface area contributed by atoms with Gasteiger partial charge in [0.05, 0.1) is 12.0 Å². The van der Waals surface area contributed by atoms with Crippen LogP contribution in [0, 0.1) is 11.8 Å². The van der Waals surface area contributed by atoms with Crippen molar-refractivity contribution in [1.29, 1.82) is 0 Å². The van der Waals surface area contributed by atoms with Crippen LogP contribution in [0.4, 0.5) is 0 Å². The molecule has 12 heavy (non-hydrogen) atoms. The molecule has 0 heterocycles. The summed E-state index contributed by atoms with van der Waals surface area (Å²) in [5.74, 6) is -0.894. The fourth-order valence-corrected chi connectivity index (χ4v) is 1.11. The van der Waals surface area contributed by atoms with Crippen LogP contribution in [0.2, 0.25) is 0 Å². The molecule has 0 spiro atoms. The van der Waals surface area contributed by atoms with E-state index >= 15 is 0 Å². The summed E-state index contributed by atoms with van der Waals surface area (Å²) in [7, 11) is 0. The number of hydrogen-bond donors (Lipinski definition) is 2. The molecule has 0 aliphatic rings. The fraction of sp³-hybridized carbons (Fsp3) is 0.778. The summed E-state index contributed by atoms with van der Waals surface area (Å²) in [5, 5.41) is 17.9. The topological polar surface area (TPSA) is 57.5 Å². The maximum Gasteiger partial charge on any atom is 0.311 e. The summed E-state index contributed by atoms with van der Waals surface area (Å²) in [6.07, 6.45) is 3.65. The molecule has 71 valence electrons. The standard InChI is InChI=1S/C9H17O3/c1-3-5-6-9(4-2,7-10)8(11)12/h3,10H,4-7H2,1-2H3,(H,11,12). The molecular formula is C9H17O3. The molecule has 0 saturated heterocycles. The predicted octanol–water partition coefficient (Wildman–Crippen LogP) is 1.46. The number of carboxylic acids is 1. The van der Waals surface area contributed by atoms with Crippen molar-refractivity contribution < 1.29 is 15.0 Å². The first-order valence-corrected chi connectivity index (χ1v) is 4.25. The zero-order valence-electron chi connectivity index (χ0n) is 7.71. The first kappa shape index (κ1) is 11.4. The zero-order chi connectivity index (χ0) is 9.61. The highest BCUT2D eigenvalue weighted by Crippen LogP contribution is 2.28. The molecule has 1 unspecified atom stereocenters. The number of carbonyl (C=O) groups is 1. The molecule has 0 bridgehead atoms. The van der Waals surface area contributed by atoms with Crippen molar-refractivity contribution in [3.8, 4) is 0 Å². The van der Waals surface area contributed by atoms with Crippen molar-refractivity contribution in [1.82, 2.24) is 0 Å². The summed E-state index contributed by atoms with van der Waals surface area (Å²) < 4.78 is 0. The Balaban J connectivity index is 4.25. The number of aliphatic carboxylic acids is 1. The first-order chi connectivity index (χ1) is 5.63. The molecule has 0 aliphatic carbocycles. The van der Waals surface area contributed by atoms with Gasteiger partial charge in [0, 0.05) is 0 Å². The lowest BCUT2D eigenvalue weighted by Crippen LogP contribution is -2.34. The fourth-order valence-electron chi connectivity index (χ4n) is 1.11. The van der Waals surface area contributed by atoms with Gasteiger partial charge in [-0.3, -0.25) is 4.79 Å². The van der Waals surface area contributed by atoms with E-state index in [4.69, 9.17) is 10.2 Å². The quantitative estimate of drug-likeness (QED) is 0.639. The van der Waals surface area contributed by atoms with Crippen molar-refractivity contribution in [2.24, 2.45) is 5.41 Å². The van der Waals surface area contributed by atoms with Crippen LogP contribution >= 0.6 is 0 Å². The molecule has 0 rings (SSSR count). The van der Waals surface area contributed by atoms with Crippen LogP contribution in [0.3, 0.4) is 0 Å². The predicted molar refractivity (Wildman–Crippen MR) is 46.7 cm³/mol. The van der Waals surface area contributed by atoms with Crippen molar-refractivity contribution in [3.63, 3.8) is 0 Å². The molecule has 1 atom stereocenters. The van der Waals surface area contributed by atoms with Gasteiger partial charge in [0.15, 0.2) is 0 Å². The van der Waals surface area contributed by atoms with Crippen molar-refractivity contribution in [2.75, 3.05) is 6.61 Å². The summed E-state index contributed by atoms with van der Waals surface area (Å²) in [6.45, 7) is 3.41. The van der Waals surface area contributed by atoms with E-state index in [-0.39, 0.29) is 6.61 Å². The summed E-state index contributed by atoms with van der Waals surface area (Å²) >= 11 is 0. The van der Waals surface area contributed by atoms with Crippen LogP contribution in [-0.2, 0) is 4.79 Å². The van der Waals surface area contributed by atoms with Crippen molar-refractivity contribution >= 4 is 5.97 Å². The number of aliphatic hydroxyl groups excluding tert-OH is 1. The minimum atomic E-state index is -0.924. The molecule has 3 heteroatoms. The van der Waals surface area contributed by atoms with Crippen LogP contribution < -0.4 is 0 Å². The second kappa shape index (κ2) is 5.14. The van der Waals surface area contributed by atoms with Gasteiger partial charge >= 0.3 is 5.97 Å². The van der Waals surface area contributed by atoms with Crippen LogP contribution in [0.1, 0.15) is 33.1 Å². The van der Waals surface area contributed by atoms with E-state index in [9.17, 15) is 4.79 Å². The minimum absolute atomic E-state index is 0.271. The third-order valence-electron chi connectivity index (χ3n) is 2.34. The zero-order valence-corrected chi connectivity index (χ0v) is 7.71. The van der Waals surface area contributed by atoms with Gasteiger partial charge in [0.2, 0.25) is 0 Å². The molecule has 2 N–H and O–H groups in total. The van der Waals surface area contributed by atoms with E-state index < -0.39 is 11.4 Å². The van der Waals surface area contributed by atoms with Gasteiger partial charge in [-0.05, 0) is 25.7 Å². The third kappa shape index (κ3) is 2.48. The van der Waals surface area contributed by atoms with Crippen molar-refractivity contribution in [3.05, 3.63) is 6.42 Å². The molecular weight excluding hydrogens is 156 g/mol. The van der Waals surface area contributed by atoms with E-state index in [0.29, 0.717) is 12.8 Å². The average molecular weight is 173 g/mol. The summed E-state index contributed by atoms with van der Waals surface area (Å²) in [5.41, 5.74) is -0.924. The molecule has 0 fully saturated rings. The normalized spacial score (nSPS) is 15.6. The van der Waals surface area contributed by atoms with Gasteiger partial charge in [-0.25, -0.2) is 0 Å². The van der Waals surface area contributed by atoms with Crippen molar-refractivity contribution in [2.45, 2.75) is 33.1 Å². The van der Waals surface area contributed by atoms with E-state index in [1.54, 1.807) is 6.92 Å². The molecule has 0 saturated carbocycles. The van der Waals surface area contributed by atoms with Gasteiger partial charge in [-0.1, -0.05) is 13.8 Å². The van der Waals surface area contributed by atoms with Gasteiger partial charge in [-0.2, -0.15) is 0 Å². The lowest BCUT2D eigenvalue weighted by Gasteiger charge is -2.25. The summed E-state index contributed by atoms with van der Waals surface area (Å²) in [4.78, 5) is 10.8. The molecule has 1 radical (unpaired) electrons. The van der Waals surface area contributed by atoms with E-state index in [1.165, 1.54) is 0 Å². The number of unbranched alkanes of at least 4 members (excludes halogenated alkanes) is 1.